The Balaban J connectivity index is 2.44. The molecule has 1 unspecified atom stereocenters. The lowest BCUT2D eigenvalue weighted by Crippen LogP contribution is -2.19. The minimum Gasteiger partial charge on any atom is -0.495 e. The molecular weight excluding hydrogens is 212 g/mol. The number of methoxy groups -OCH3 is 1. The zero-order valence-corrected chi connectivity index (χ0v) is 10.1. The molecule has 0 bridgehead atoms. The molecule has 1 N–H and O–H groups in total. The van der Waals surface area contributed by atoms with E-state index in [1.165, 1.54) is 0 Å². The maximum absolute atomic E-state index is 6.11. The summed E-state index contributed by atoms with van der Waals surface area (Å²) < 4.78 is 5.02. The number of pyridine rings is 1. The van der Waals surface area contributed by atoms with Gasteiger partial charge in [-0.25, -0.2) is 4.98 Å². The number of nitrogens with zero attached hydrogens (tertiary/aromatic N) is 1. The maximum atomic E-state index is 6.11. The Morgan fingerprint density at radius 3 is 2.67 bits per heavy atom. The largest absolute Gasteiger partial charge is 0.495 e. The number of hydrogen-bond donors (Lipinski definition) is 1. The van der Waals surface area contributed by atoms with Crippen LogP contribution in [0.1, 0.15) is 13.8 Å². The molecule has 0 aliphatic carbocycles. The zero-order valence-electron chi connectivity index (χ0n) is 9.33. The second-order valence-corrected chi connectivity index (χ2v) is 4.28. The van der Waals surface area contributed by atoms with Gasteiger partial charge in [-0.05, 0) is 18.1 Å². The molecule has 0 amide bonds. The summed E-state index contributed by atoms with van der Waals surface area (Å²) in [6, 6.07) is 3.75. The van der Waals surface area contributed by atoms with Crippen LogP contribution in [0.3, 0.4) is 0 Å². The van der Waals surface area contributed by atoms with Gasteiger partial charge in [0.2, 0.25) is 0 Å². The Hall–Kier alpha value is -0.960. The summed E-state index contributed by atoms with van der Waals surface area (Å²) in [5, 5.41) is 3.30. The van der Waals surface area contributed by atoms with Crippen LogP contribution in [-0.2, 0) is 0 Å². The van der Waals surface area contributed by atoms with Gasteiger partial charge in [-0.1, -0.05) is 13.8 Å². The van der Waals surface area contributed by atoms with E-state index in [2.05, 4.69) is 24.1 Å². The molecule has 0 saturated carbocycles. The van der Waals surface area contributed by atoms with Gasteiger partial charge in [-0.2, -0.15) is 0 Å². The smallest absolute Gasteiger partial charge is 0.137 e. The average Bonchev–Trinajstić information content (AvgIpc) is 2.26. The van der Waals surface area contributed by atoms with E-state index in [0.29, 0.717) is 5.92 Å². The second-order valence-electron chi connectivity index (χ2n) is 3.72. The third kappa shape index (κ3) is 3.96. The number of hydrogen-bond acceptors (Lipinski definition) is 3. The fraction of sp³-hybridized carbons (Fsp3) is 0.545. The molecule has 1 aromatic heterocycles. The first-order valence-corrected chi connectivity index (χ1v) is 5.45. The Kier molecular flexibility index (Phi) is 4.69. The van der Waals surface area contributed by atoms with E-state index in [1.54, 1.807) is 13.3 Å². The van der Waals surface area contributed by atoms with Crippen LogP contribution in [0.2, 0.25) is 0 Å². The lowest BCUT2D eigenvalue weighted by Gasteiger charge is -2.14. The van der Waals surface area contributed by atoms with Crippen LogP contribution in [0.5, 0.6) is 5.75 Å². The van der Waals surface area contributed by atoms with Crippen molar-refractivity contribution < 1.29 is 4.74 Å². The first kappa shape index (κ1) is 12.1. The van der Waals surface area contributed by atoms with Crippen LogP contribution in [0, 0.1) is 5.92 Å². The number of anilines is 1. The maximum Gasteiger partial charge on any atom is 0.137 e. The average molecular weight is 229 g/mol. The van der Waals surface area contributed by atoms with Crippen molar-refractivity contribution in [2.45, 2.75) is 19.2 Å². The van der Waals surface area contributed by atoms with Gasteiger partial charge in [0.05, 0.1) is 18.7 Å². The lowest BCUT2D eigenvalue weighted by molar-refractivity contribution is 0.413. The molecule has 0 fully saturated rings. The second kappa shape index (κ2) is 5.81. The highest BCUT2D eigenvalue weighted by atomic mass is 35.5. The van der Waals surface area contributed by atoms with Crippen molar-refractivity contribution in [1.29, 1.82) is 0 Å². The van der Waals surface area contributed by atoms with Crippen molar-refractivity contribution in [3.8, 4) is 5.75 Å². The predicted molar refractivity (Wildman–Crippen MR) is 63.8 cm³/mol. The Bertz CT molecular complexity index is 287. The summed E-state index contributed by atoms with van der Waals surface area (Å²) in [5.41, 5.74) is 0. The standard InChI is InChI=1S/C11H17ClN2O/c1-8(2)10(12)7-14-11-5-4-9(15-3)6-13-11/h4-6,8,10H,7H2,1-3H3,(H,13,14). The molecule has 15 heavy (non-hydrogen) atoms. The number of alkyl halides is 1. The van der Waals surface area contributed by atoms with E-state index >= 15 is 0 Å². The quantitative estimate of drug-likeness (QED) is 0.787. The Morgan fingerprint density at radius 2 is 2.20 bits per heavy atom. The minimum atomic E-state index is 0.119. The molecule has 0 aliphatic rings. The molecule has 0 spiro atoms. The first-order chi connectivity index (χ1) is 7.13. The highest BCUT2D eigenvalue weighted by molar-refractivity contribution is 6.21. The van der Waals surface area contributed by atoms with Crippen LogP contribution < -0.4 is 10.1 Å². The van der Waals surface area contributed by atoms with Crippen molar-refractivity contribution in [3.05, 3.63) is 18.3 Å². The van der Waals surface area contributed by atoms with Crippen LogP contribution in [0.15, 0.2) is 18.3 Å². The summed E-state index contributed by atoms with van der Waals surface area (Å²) in [6.45, 7) is 4.92. The lowest BCUT2D eigenvalue weighted by atomic mass is 10.1. The molecule has 1 atom stereocenters. The highest BCUT2D eigenvalue weighted by Gasteiger charge is 2.08. The van der Waals surface area contributed by atoms with Gasteiger partial charge in [0.25, 0.3) is 0 Å². The van der Waals surface area contributed by atoms with E-state index in [9.17, 15) is 0 Å². The molecule has 3 nitrogen and oxygen atoms in total. The van der Waals surface area contributed by atoms with Crippen LogP contribution in [0.25, 0.3) is 0 Å². The monoisotopic (exact) mass is 228 g/mol. The van der Waals surface area contributed by atoms with Crippen molar-refractivity contribution in [2.24, 2.45) is 5.92 Å². The molecule has 1 aromatic rings. The molecular formula is C11H17ClN2O. The number of halogens is 1. The summed E-state index contributed by atoms with van der Waals surface area (Å²) >= 11 is 6.11. The van der Waals surface area contributed by atoms with E-state index in [-0.39, 0.29) is 5.38 Å². The molecule has 0 radical (unpaired) electrons. The normalized spacial score (nSPS) is 12.6. The summed E-state index contributed by atoms with van der Waals surface area (Å²) in [6.07, 6.45) is 1.68. The molecule has 4 heteroatoms. The fourth-order valence-electron chi connectivity index (χ4n) is 1.04. The molecule has 0 aliphatic heterocycles. The van der Waals surface area contributed by atoms with E-state index in [0.717, 1.165) is 18.1 Å². The highest BCUT2D eigenvalue weighted by Crippen LogP contribution is 2.13. The molecule has 84 valence electrons. The summed E-state index contributed by atoms with van der Waals surface area (Å²) in [7, 11) is 1.62. The van der Waals surface area contributed by atoms with Gasteiger partial charge in [-0.3, -0.25) is 0 Å². The van der Waals surface area contributed by atoms with E-state index < -0.39 is 0 Å². The van der Waals surface area contributed by atoms with Gasteiger partial charge < -0.3 is 10.1 Å². The third-order valence-corrected chi connectivity index (χ3v) is 2.83. The van der Waals surface area contributed by atoms with E-state index in [1.807, 2.05) is 12.1 Å². The Morgan fingerprint density at radius 1 is 1.47 bits per heavy atom. The van der Waals surface area contributed by atoms with E-state index in [4.69, 9.17) is 16.3 Å². The van der Waals surface area contributed by atoms with Crippen LogP contribution in [0.4, 0.5) is 5.82 Å². The summed E-state index contributed by atoms with van der Waals surface area (Å²) in [4.78, 5) is 4.19. The third-order valence-electron chi connectivity index (χ3n) is 2.17. The number of aromatic nitrogens is 1. The van der Waals surface area contributed by atoms with Gasteiger partial charge in [-0.15, -0.1) is 11.6 Å². The van der Waals surface area contributed by atoms with Crippen molar-refractivity contribution in [1.82, 2.24) is 4.98 Å². The number of rotatable bonds is 5. The number of ether oxygens (including phenoxy) is 1. The van der Waals surface area contributed by atoms with Crippen molar-refractivity contribution >= 4 is 17.4 Å². The minimum absolute atomic E-state index is 0.119. The fourth-order valence-corrected chi connectivity index (χ4v) is 1.12. The SMILES string of the molecule is COc1ccc(NCC(Cl)C(C)C)nc1. The van der Waals surface area contributed by atoms with Gasteiger partial charge in [0.1, 0.15) is 11.6 Å². The zero-order chi connectivity index (χ0) is 11.3. The predicted octanol–water partition coefficient (Wildman–Crippen LogP) is 2.77. The molecule has 0 saturated heterocycles. The van der Waals surface area contributed by atoms with Crippen molar-refractivity contribution in [3.63, 3.8) is 0 Å². The Labute approximate surface area is 95.8 Å². The number of nitrogens with one attached hydrogen (secondary N) is 1. The van der Waals surface area contributed by atoms with Gasteiger partial charge >= 0.3 is 0 Å². The molecule has 1 heterocycles. The topological polar surface area (TPSA) is 34.1 Å². The molecule has 1 rings (SSSR count). The van der Waals surface area contributed by atoms with Crippen molar-refractivity contribution in [2.75, 3.05) is 19.0 Å². The van der Waals surface area contributed by atoms with Crippen LogP contribution >= 0.6 is 11.6 Å². The van der Waals surface area contributed by atoms with Crippen LogP contribution in [-0.4, -0.2) is 24.0 Å². The molecule has 0 aromatic carbocycles. The van der Waals surface area contributed by atoms with Gasteiger partial charge in [0, 0.05) is 6.54 Å². The first-order valence-electron chi connectivity index (χ1n) is 5.01. The van der Waals surface area contributed by atoms with Gasteiger partial charge in [0.15, 0.2) is 0 Å². The summed E-state index contributed by atoms with van der Waals surface area (Å²) in [5.74, 6) is 2.03.